The van der Waals surface area contributed by atoms with Crippen LogP contribution in [0.1, 0.15) is 41.4 Å². The number of likely N-dealkylation sites (N-methyl/N-ethyl adjacent to an activating group) is 2. The van der Waals surface area contributed by atoms with Gasteiger partial charge in [-0.3, -0.25) is 14.5 Å². The second-order valence-corrected chi connectivity index (χ2v) is 8.04. The Kier molecular flexibility index (Phi) is 8.20. The molecule has 1 fully saturated rings. The van der Waals surface area contributed by atoms with Crippen LogP contribution in [-0.4, -0.2) is 72.8 Å². The van der Waals surface area contributed by atoms with Gasteiger partial charge in [0.2, 0.25) is 5.91 Å². The summed E-state index contributed by atoms with van der Waals surface area (Å²) < 4.78 is 0. The molecule has 0 aliphatic carbocycles. The van der Waals surface area contributed by atoms with Gasteiger partial charge in [0.05, 0.1) is 0 Å². The summed E-state index contributed by atoms with van der Waals surface area (Å²) in [5, 5.41) is 3.08. The van der Waals surface area contributed by atoms with E-state index in [0.29, 0.717) is 12.1 Å². The molecule has 0 bridgehead atoms. The van der Waals surface area contributed by atoms with Gasteiger partial charge in [0, 0.05) is 38.3 Å². The third kappa shape index (κ3) is 5.93. The molecule has 2 aromatic carbocycles. The maximum atomic E-state index is 13.1. The Hall–Kier alpha value is -2.70. The lowest BCUT2D eigenvalue weighted by Gasteiger charge is -2.32. The molecule has 1 aliphatic heterocycles. The molecule has 0 spiro atoms. The molecule has 1 unspecified atom stereocenters. The number of carbonyl (C=O) groups is 2. The van der Waals surface area contributed by atoms with Crippen LogP contribution < -0.4 is 5.32 Å². The van der Waals surface area contributed by atoms with Gasteiger partial charge in [-0.25, -0.2) is 0 Å². The van der Waals surface area contributed by atoms with Crippen LogP contribution in [0.4, 0.5) is 0 Å². The second-order valence-electron chi connectivity index (χ2n) is 8.04. The van der Waals surface area contributed by atoms with E-state index in [1.807, 2.05) is 59.5 Å². The largest absolute Gasteiger partial charge is 0.350 e. The smallest absolute Gasteiger partial charge is 0.253 e. The third-order valence-corrected chi connectivity index (χ3v) is 6.00. The number of hydrogen-bond acceptors (Lipinski definition) is 4. The highest BCUT2D eigenvalue weighted by atomic mass is 16.2. The van der Waals surface area contributed by atoms with Gasteiger partial charge >= 0.3 is 0 Å². The van der Waals surface area contributed by atoms with Crippen LogP contribution in [-0.2, 0) is 11.3 Å². The maximum absolute atomic E-state index is 13.1. The van der Waals surface area contributed by atoms with Gasteiger partial charge in [-0.05, 0) is 43.4 Å². The first kappa shape index (κ1) is 23.0. The highest BCUT2D eigenvalue weighted by molar-refractivity contribution is 5.94. The number of nitrogens with zero attached hydrogens (tertiary/aromatic N) is 3. The molecule has 0 aromatic heterocycles. The van der Waals surface area contributed by atoms with E-state index >= 15 is 0 Å². The van der Waals surface area contributed by atoms with Crippen LogP contribution in [0, 0.1) is 0 Å². The fourth-order valence-corrected chi connectivity index (χ4v) is 4.00. The maximum Gasteiger partial charge on any atom is 0.253 e. The molecule has 6 nitrogen and oxygen atoms in total. The molecule has 31 heavy (non-hydrogen) atoms. The number of piperazine rings is 1. The molecule has 2 aromatic rings. The van der Waals surface area contributed by atoms with Crippen LogP contribution in [0.25, 0.3) is 0 Å². The SMILES string of the molecule is CCN(CC)C(C(=O)NCc1ccc(C(=O)N2CCN(C)CC2)cc1)c1ccccc1. The van der Waals surface area contributed by atoms with E-state index in [1.165, 1.54) is 0 Å². The summed E-state index contributed by atoms with van der Waals surface area (Å²) in [6.45, 7) is 9.52. The van der Waals surface area contributed by atoms with Crippen LogP contribution in [0.3, 0.4) is 0 Å². The Balaban J connectivity index is 1.61. The summed E-state index contributed by atoms with van der Waals surface area (Å²) >= 11 is 0. The number of benzene rings is 2. The van der Waals surface area contributed by atoms with Crippen molar-refractivity contribution in [3.05, 3.63) is 71.3 Å². The average Bonchev–Trinajstić information content (AvgIpc) is 2.82. The topological polar surface area (TPSA) is 55.9 Å². The van der Waals surface area contributed by atoms with Crippen molar-refractivity contribution in [2.24, 2.45) is 0 Å². The summed E-state index contributed by atoms with van der Waals surface area (Å²) in [7, 11) is 2.08. The van der Waals surface area contributed by atoms with Crippen molar-refractivity contribution < 1.29 is 9.59 Å². The lowest BCUT2D eigenvalue weighted by molar-refractivity contribution is -0.126. The Labute approximate surface area is 185 Å². The van der Waals surface area contributed by atoms with Crippen LogP contribution in [0.15, 0.2) is 54.6 Å². The lowest BCUT2D eigenvalue weighted by Crippen LogP contribution is -2.47. The minimum atomic E-state index is -0.311. The molecule has 1 aliphatic rings. The first-order valence-corrected chi connectivity index (χ1v) is 11.2. The standard InChI is InChI=1S/C25H34N4O2/c1-4-28(5-2)23(21-9-7-6-8-10-21)24(30)26-19-20-11-13-22(14-12-20)25(31)29-17-15-27(3)16-18-29/h6-14,23H,4-5,15-19H2,1-3H3,(H,26,30). The predicted octanol–water partition coefficient (Wildman–Crippen LogP) is 2.77. The highest BCUT2D eigenvalue weighted by Crippen LogP contribution is 2.21. The van der Waals surface area contributed by atoms with Gasteiger partial charge in [-0.15, -0.1) is 0 Å². The molecule has 1 atom stereocenters. The predicted molar refractivity (Wildman–Crippen MR) is 124 cm³/mol. The van der Waals surface area contributed by atoms with Gasteiger partial charge in [0.15, 0.2) is 0 Å². The van der Waals surface area contributed by atoms with E-state index < -0.39 is 0 Å². The first-order chi connectivity index (χ1) is 15.0. The third-order valence-electron chi connectivity index (χ3n) is 6.00. The molecule has 166 valence electrons. The second kappa shape index (κ2) is 11.1. The van der Waals surface area contributed by atoms with Gasteiger partial charge in [0.1, 0.15) is 6.04 Å². The van der Waals surface area contributed by atoms with Crippen molar-refractivity contribution in [3.8, 4) is 0 Å². The normalized spacial score (nSPS) is 15.7. The van der Waals surface area contributed by atoms with Crippen LogP contribution in [0.2, 0.25) is 0 Å². The Morgan fingerprint density at radius 2 is 1.55 bits per heavy atom. The van der Waals surface area contributed by atoms with Gasteiger partial charge in [-0.1, -0.05) is 56.3 Å². The zero-order chi connectivity index (χ0) is 22.2. The molecule has 3 rings (SSSR count). The zero-order valence-corrected chi connectivity index (χ0v) is 18.9. The molecule has 1 heterocycles. The van der Waals surface area contributed by atoms with E-state index in [-0.39, 0.29) is 17.9 Å². The molecular weight excluding hydrogens is 388 g/mol. The summed E-state index contributed by atoms with van der Waals surface area (Å²) in [6.07, 6.45) is 0. The van der Waals surface area contributed by atoms with Crippen molar-refractivity contribution in [2.75, 3.05) is 46.3 Å². The number of rotatable bonds is 8. The first-order valence-electron chi connectivity index (χ1n) is 11.2. The monoisotopic (exact) mass is 422 g/mol. The quantitative estimate of drug-likeness (QED) is 0.711. The molecule has 1 N–H and O–H groups in total. The zero-order valence-electron chi connectivity index (χ0n) is 18.9. The summed E-state index contributed by atoms with van der Waals surface area (Å²) in [4.78, 5) is 32.1. The number of amides is 2. The Morgan fingerprint density at radius 1 is 0.935 bits per heavy atom. The van der Waals surface area contributed by atoms with E-state index in [9.17, 15) is 9.59 Å². The van der Waals surface area contributed by atoms with E-state index in [2.05, 4.69) is 36.0 Å². The minimum Gasteiger partial charge on any atom is -0.350 e. The summed E-state index contributed by atoms with van der Waals surface area (Å²) in [6, 6.07) is 17.2. The molecule has 0 radical (unpaired) electrons. The average molecular weight is 423 g/mol. The number of hydrogen-bond donors (Lipinski definition) is 1. The highest BCUT2D eigenvalue weighted by Gasteiger charge is 2.25. The molecule has 1 saturated heterocycles. The minimum absolute atomic E-state index is 0.00695. The van der Waals surface area contributed by atoms with Crippen molar-refractivity contribution in [3.63, 3.8) is 0 Å². The van der Waals surface area contributed by atoms with Gasteiger partial charge in [0.25, 0.3) is 5.91 Å². The molecule has 0 saturated carbocycles. The molecular formula is C25H34N4O2. The fourth-order valence-electron chi connectivity index (χ4n) is 4.00. The van der Waals surface area contributed by atoms with E-state index in [1.54, 1.807) is 0 Å². The summed E-state index contributed by atoms with van der Waals surface area (Å²) in [5.74, 6) is 0.0712. The van der Waals surface area contributed by atoms with Crippen LogP contribution >= 0.6 is 0 Å². The number of nitrogens with one attached hydrogen (secondary N) is 1. The fraction of sp³-hybridized carbons (Fsp3) is 0.440. The van der Waals surface area contributed by atoms with Gasteiger partial charge in [-0.2, -0.15) is 0 Å². The lowest BCUT2D eigenvalue weighted by atomic mass is 10.0. The van der Waals surface area contributed by atoms with Crippen molar-refractivity contribution in [1.29, 1.82) is 0 Å². The van der Waals surface area contributed by atoms with Crippen LogP contribution in [0.5, 0.6) is 0 Å². The summed E-state index contributed by atoms with van der Waals surface area (Å²) in [5.41, 5.74) is 2.68. The van der Waals surface area contributed by atoms with Crippen molar-refractivity contribution >= 4 is 11.8 Å². The Morgan fingerprint density at radius 3 is 2.13 bits per heavy atom. The Bertz CT molecular complexity index is 842. The van der Waals surface area contributed by atoms with E-state index in [4.69, 9.17) is 0 Å². The van der Waals surface area contributed by atoms with Crippen molar-refractivity contribution in [2.45, 2.75) is 26.4 Å². The van der Waals surface area contributed by atoms with Crippen molar-refractivity contribution in [1.82, 2.24) is 20.0 Å². The number of carbonyl (C=O) groups excluding carboxylic acids is 2. The van der Waals surface area contributed by atoms with E-state index in [0.717, 1.165) is 50.4 Å². The van der Waals surface area contributed by atoms with Gasteiger partial charge < -0.3 is 15.1 Å². The molecule has 2 amide bonds. The molecule has 6 heteroatoms.